The lowest BCUT2D eigenvalue weighted by molar-refractivity contribution is -0.143. The number of carbonyl (C=O) groups excluding carboxylic acids is 1. The molecule has 0 spiro atoms. The lowest BCUT2D eigenvalue weighted by Crippen LogP contribution is -2.21. The minimum atomic E-state index is -4.96. The molecule has 0 atom stereocenters. The Balaban J connectivity index is 1.64. The van der Waals surface area contributed by atoms with Crippen LogP contribution in [0.3, 0.4) is 0 Å². The molecule has 0 fully saturated rings. The molecule has 6 nitrogen and oxygen atoms in total. The topological polar surface area (TPSA) is 72.7 Å². The van der Waals surface area contributed by atoms with Gasteiger partial charge in [0.2, 0.25) is 0 Å². The van der Waals surface area contributed by atoms with E-state index >= 15 is 0 Å². The van der Waals surface area contributed by atoms with E-state index in [1.54, 1.807) is 24.3 Å². The Labute approximate surface area is 173 Å². The van der Waals surface area contributed by atoms with Crippen molar-refractivity contribution in [3.05, 3.63) is 90.3 Å². The summed E-state index contributed by atoms with van der Waals surface area (Å²) < 4.78 is 55.5. The van der Waals surface area contributed by atoms with Gasteiger partial charge in [-0.15, -0.1) is 0 Å². The number of amides is 1. The second-order valence-electron chi connectivity index (χ2n) is 6.38. The Morgan fingerprint density at radius 3 is 2.19 bits per heavy atom. The van der Waals surface area contributed by atoms with Crippen LogP contribution >= 0.6 is 0 Å². The van der Waals surface area contributed by atoms with Crippen LogP contribution in [0.15, 0.2) is 73.2 Å². The predicted octanol–water partition coefficient (Wildman–Crippen LogP) is 4.74. The lowest BCUT2D eigenvalue weighted by Gasteiger charge is -2.13. The molecule has 0 aliphatic carbocycles. The van der Waals surface area contributed by atoms with Crippen LogP contribution in [0, 0.1) is 5.82 Å². The molecule has 31 heavy (non-hydrogen) atoms. The summed E-state index contributed by atoms with van der Waals surface area (Å²) in [5, 5.41) is 5.91. The smallest absolute Gasteiger partial charge is 0.319 e. The number of hydrogen-bond acceptors (Lipinski definition) is 4. The fraction of sp³-hybridized carbons (Fsp3) is 0.0476. The number of carbonyl (C=O) groups is 1. The van der Waals surface area contributed by atoms with Crippen molar-refractivity contribution in [3.8, 4) is 17.1 Å². The fourth-order valence-electron chi connectivity index (χ4n) is 2.92. The van der Waals surface area contributed by atoms with E-state index in [9.17, 15) is 22.4 Å². The van der Waals surface area contributed by atoms with E-state index in [4.69, 9.17) is 0 Å². The number of alkyl halides is 3. The van der Waals surface area contributed by atoms with E-state index in [1.165, 1.54) is 24.5 Å². The highest BCUT2D eigenvalue weighted by atomic mass is 19.4. The Kier molecular flexibility index (Phi) is 5.20. The summed E-state index contributed by atoms with van der Waals surface area (Å²) >= 11 is 0. The maximum absolute atomic E-state index is 14.0. The van der Waals surface area contributed by atoms with Gasteiger partial charge in [-0.3, -0.25) is 4.79 Å². The minimum Gasteiger partial charge on any atom is -0.319 e. The van der Waals surface area contributed by atoms with Gasteiger partial charge in [0, 0.05) is 5.56 Å². The van der Waals surface area contributed by atoms with Gasteiger partial charge < -0.3 is 5.32 Å². The Bertz CT molecular complexity index is 1220. The molecule has 0 aliphatic heterocycles. The van der Waals surface area contributed by atoms with Crippen molar-refractivity contribution in [2.24, 2.45) is 0 Å². The minimum absolute atomic E-state index is 0.0939. The predicted molar refractivity (Wildman–Crippen MR) is 104 cm³/mol. The van der Waals surface area contributed by atoms with E-state index in [-0.39, 0.29) is 5.69 Å². The van der Waals surface area contributed by atoms with Crippen LogP contribution in [0.1, 0.15) is 16.1 Å². The monoisotopic (exact) mass is 427 g/mol. The van der Waals surface area contributed by atoms with Gasteiger partial charge in [0.25, 0.3) is 5.91 Å². The fourth-order valence-corrected chi connectivity index (χ4v) is 2.92. The molecule has 1 amide bonds. The van der Waals surface area contributed by atoms with E-state index in [1.807, 2.05) is 6.07 Å². The maximum atomic E-state index is 14.0. The van der Waals surface area contributed by atoms with Gasteiger partial charge in [0.1, 0.15) is 11.5 Å². The van der Waals surface area contributed by atoms with E-state index in [2.05, 4.69) is 20.4 Å². The highest BCUT2D eigenvalue weighted by Crippen LogP contribution is 2.34. The molecule has 0 radical (unpaired) electrons. The van der Waals surface area contributed by atoms with Crippen molar-refractivity contribution in [2.45, 2.75) is 6.18 Å². The van der Waals surface area contributed by atoms with Gasteiger partial charge >= 0.3 is 6.18 Å². The molecule has 0 unspecified atom stereocenters. The van der Waals surface area contributed by atoms with Gasteiger partial charge in [-0.05, 0) is 12.1 Å². The molecule has 1 N–H and O–H groups in total. The first-order valence-electron chi connectivity index (χ1n) is 8.93. The van der Waals surface area contributed by atoms with Crippen LogP contribution in [0.25, 0.3) is 17.1 Å². The highest BCUT2D eigenvalue weighted by molar-refractivity contribution is 6.05. The van der Waals surface area contributed by atoms with Gasteiger partial charge in [-0.25, -0.2) is 19.0 Å². The number of anilines is 1. The molecule has 0 saturated carbocycles. The van der Waals surface area contributed by atoms with Gasteiger partial charge in [-0.2, -0.15) is 18.3 Å². The van der Waals surface area contributed by atoms with E-state index in [0.717, 1.165) is 23.9 Å². The zero-order chi connectivity index (χ0) is 22.0. The Morgan fingerprint density at radius 1 is 0.903 bits per heavy atom. The number of para-hydroxylation sites is 1. The first kappa shape index (κ1) is 20.2. The summed E-state index contributed by atoms with van der Waals surface area (Å²) in [6.07, 6.45) is -1.66. The number of benzene rings is 2. The number of nitrogens with zero attached hydrogens (tertiary/aromatic N) is 4. The normalized spacial score (nSPS) is 11.4. The van der Waals surface area contributed by atoms with Gasteiger partial charge in [-0.1, -0.05) is 42.5 Å². The summed E-state index contributed by atoms with van der Waals surface area (Å²) in [6, 6.07) is 13.9. The zero-order valence-corrected chi connectivity index (χ0v) is 15.6. The third-order valence-electron chi connectivity index (χ3n) is 4.30. The Morgan fingerprint density at radius 2 is 1.55 bits per heavy atom. The van der Waals surface area contributed by atoms with Crippen LogP contribution < -0.4 is 5.32 Å². The molecule has 2 aromatic heterocycles. The number of hydrogen-bond donors (Lipinski definition) is 1. The summed E-state index contributed by atoms with van der Waals surface area (Å²) in [7, 11) is 0. The molecule has 0 aliphatic rings. The molecule has 2 aromatic carbocycles. The number of rotatable bonds is 4. The molecular formula is C21H13F4N5O. The number of nitrogens with one attached hydrogen (secondary N) is 1. The average Bonchev–Trinajstić information content (AvgIpc) is 3.21. The zero-order valence-electron chi connectivity index (χ0n) is 15.6. The quantitative estimate of drug-likeness (QED) is 0.478. The largest absolute Gasteiger partial charge is 0.434 e. The van der Waals surface area contributed by atoms with Crippen molar-refractivity contribution in [3.63, 3.8) is 0 Å². The number of aromatic nitrogens is 4. The van der Waals surface area contributed by atoms with E-state index < -0.39 is 34.8 Å². The molecule has 0 bridgehead atoms. The third kappa shape index (κ3) is 4.13. The SMILES string of the molecule is O=C(Nc1cnc(-c2ccccc2)nc1)c1cnn(-c2ccccc2F)c1C(F)(F)F. The van der Waals surface area contributed by atoms with Crippen molar-refractivity contribution < 1.29 is 22.4 Å². The van der Waals surface area contributed by atoms with Crippen molar-refractivity contribution in [2.75, 3.05) is 5.32 Å². The first-order chi connectivity index (χ1) is 14.8. The lowest BCUT2D eigenvalue weighted by atomic mass is 10.2. The molecule has 2 heterocycles. The standard InChI is InChI=1S/C21H13F4N5O/c22-16-8-4-5-9-17(16)30-18(21(23,24)25)15(12-28-30)20(31)29-14-10-26-19(27-11-14)13-6-2-1-3-7-13/h1-12H,(H,29,31). The van der Waals surface area contributed by atoms with Crippen LogP contribution in [-0.4, -0.2) is 25.7 Å². The molecule has 10 heteroatoms. The molecule has 156 valence electrons. The summed E-state index contributed by atoms with van der Waals surface area (Å²) in [4.78, 5) is 20.8. The average molecular weight is 427 g/mol. The van der Waals surface area contributed by atoms with Crippen LogP contribution in [-0.2, 0) is 6.18 Å². The van der Waals surface area contributed by atoms with Crippen LogP contribution in [0.5, 0.6) is 0 Å². The number of halogens is 4. The van der Waals surface area contributed by atoms with Crippen LogP contribution in [0.2, 0.25) is 0 Å². The maximum Gasteiger partial charge on any atom is 0.434 e. The summed E-state index contributed by atoms with van der Waals surface area (Å²) in [6.45, 7) is 0. The van der Waals surface area contributed by atoms with Crippen LogP contribution in [0.4, 0.5) is 23.2 Å². The van der Waals surface area contributed by atoms with Crippen molar-refractivity contribution in [1.29, 1.82) is 0 Å². The third-order valence-corrected chi connectivity index (χ3v) is 4.30. The van der Waals surface area contributed by atoms with Crippen molar-refractivity contribution in [1.82, 2.24) is 19.7 Å². The molecule has 4 aromatic rings. The second kappa shape index (κ2) is 7.98. The van der Waals surface area contributed by atoms with E-state index in [0.29, 0.717) is 10.5 Å². The Hall–Kier alpha value is -4.08. The summed E-state index contributed by atoms with van der Waals surface area (Å²) in [5.74, 6) is -1.60. The highest BCUT2D eigenvalue weighted by Gasteiger charge is 2.41. The van der Waals surface area contributed by atoms with Crippen molar-refractivity contribution >= 4 is 11.6 Å². The second-order valence-corrected chi connectivity index (χ2v) is 6.38. The molecular weight excluding hydrogens is 414 g/mol. The molecule has 0 saturated heterocycles. The first-order valence-corrected chi connectivity index (χ1v) is 8.93. The molecule has 4 rings (SSSR count). The van der Waals surface area contributed by atoms with Gasteiger partial charge in [0.15, 0.2) is 11.5 Å². The summed E-state index contributed by atoms with van der Waals surface area (Å²) in [5.41, 5.74) is -1.74. The van der Waals surface area contributed by atoms with Gasteiger partial charge in [0.05, 0.1) is 29.8 Å².